The van der Waals surface area contributed by atoms with Crippen LogP contribution in [-0.4, -0.2) is 35.2 Å². The molecule has 0 aromatic heterocycles. The van der Waals surface area contributed by atoms with Crippen LogP contribution in [-0.2, 0) is 4.79 Å². The van der Waals surface area contributed by atoms with E-state index in [1.165, 1.54) is 0 Å². The van der Waals surface area contributed by atoms with Crippen LogP contribution in [0, 0.1) is 5.41 Å². The van der Waals surface area contributed by atoms with Crippen LogP contribution >= 0.6 is 0 Å². The number of carboxylic acids is 1. The fraction of sp³-hybridized carbons (Fsp3) is 0.229. The van der Waals surface area contributed by atoms with Crippen molar-refractivity contribution in [2.75, 3.05) is 7.11 Å². The Balaban J connectivity index is 2.03. The minimum atomic E-state index is -1.72. The fourth-order valence-corrected chi connectivity index (χ4v) is 5.22. The van der Waals surface area contributed by atoms with E-state index in [1.807, 2.05) is 112 Å². The second kappa shape index (κ2) is 12.1. The van der Waals surface area contributed by atoms with E-state index in [-0.39, 0.29) is 12.2 Å². The van der Waals surface area contributed by atoms with Crippen LogP contribution in [0.5, 0.6) is 5.75 Å². The first-order chi connectivity index (χ1) is 19.2. The predicted octanol–water partition coefficient (Wildman–Crippen LogP) is 7.46. The van der Waals surface area contributed by atoms with Gasteiger partial charge in [0.1, 0.15) is 5.75 Å². The van der Waals surface area contributed by atoms with Crippen molar-refractivity contribution >= 4 is 17.5 Å². The summed E-state index contributed by atoms with van der Waals surface area (Å²) < 4.78 is 5.37. The topological polar surface area (TPSA) is 76.0 Å². The van der Waals surface area contributed by atoms with Gasteiger partial charge in [0.05, 0.1) is 12.8 Å². The van der Waals surface area contributed by atoms with Crippen LogP contribution in [0.25, 0.3) is 0 Å². The average Bonchev–Trinajstić information content (AvgIpc) is 2.97. The SMILES string of the molecule is COc1ccc([C@H](CC(=O)c2ccccc2)[C@](N=C(c2ccccc2)c2ccccc2)(C(=O)O)C(C)(C)C)cc1. The first-order valence-corrected chi connectivity index (χ1v) is 13.3. The average molecular weight is 534 g/mol. The number of carboxylic acid groups (broad SMARTS) is 1. The van der Waals surface area contributed by atoms with Gasteiger partial charge in [-0.3, -0.25) is 9.79 Å². The summed E-state index contributed by atoms with van der Waals surface area (Å²) in [4.78, 5) is 32.6. The number of rotatable bonds is 10. The normalized spacial score (nSPS) is 13.5. The number of carbonyl (C=O) groups excluding carboxylic acids is 1. The fourth-order valence-electron chi connectivity index (χ4n) is 5.22. The van der Waals surface area contributed by atoms with E-state index in [4.69, 9.17) is 9.73 Å². The first-order valence-electron chi connectivity index (χ1n) is 13.3. The number of hydrogen-bond acceptors (Lipinski definition) is 4. The number of Topliss-reactive ketones (excluding diaryl/α,β-unsaturated/α-hetero) is 1. The Bertz CT molecular complexity index is 1420. The Kier molecular flexibility index (Phi) is 8.64. The van der Waals surface area contributed by atoms with E-state index in [2.05, 4.69) is 0 Å². The molecule has 0 saturated carbocycles. The molecule has 2 atom stereocenters. The van der Waals surface area contributed by atoms with Gasteiger partial charge in [-0.2, -0.15) is 0 Å². The standard InChI is InChI=1S/C35H35NO4/c1-34(2,3)35(33(38)39,36-32(27-16-10-6-11-17-27)28-18-12-7-13-19-28)30(25-20-22-29(40-4)23-21-25)24-31(37)26-14-8-5-9-15-26/h5-23,30H,24H2,1-4H3,(H,38,39)/t30-,35-/m0/s1. The van der Waals surface area contributed by atoms with Gasteiger partial charge in [-0.05, 0) is 23.1 Å². The molecule has 0 amide bonds. The molecule has 1 N–H and O–H groups in total. The molecule has 0 heterocycles. The molecule has 0 fully saturated rings. The molecule has 4 aromatic rings. The number of hydrogen-bond donors (Lipinski definition) is 1. The zero-order chi connectivity index (χ0) is 28.8. The highest BCUT2D eigenvalue weighted by Crippen LogP contribution is 2.48. The minimum absolute atomic E-state index is 0.0414. The summed E-state index contributed by atoms with van der Waals surface area (Å²) in [6, 6.07) is 35.4. The molecule has 0 aliphatic heterocycles. The molecule has 40 heavy (non-hydrogen) atoms. The van der Waals surface area contributed by atoms with Gasteiger partial charge in [-0.1, -0.05) is 124 Å². The molecule has 5 nitrogen and oxygen atoms in total. The lowest BCUT2D eigenvalue weighted by Gasteiger charge is -2.44. The van der Waals surface area contributed by atoms with Crippen LogP contribution in [0.1, 0.15) is 60.2 Å². The summed E-state index contributed by atoms with van der Waals surface area (Å²) in [7, 11) is 1.58. The molecule has 0 saturated heterocycles. The number of nitrogens with zero attached hydrogens (tertiary/aromatic N) is 1. The molecule has 0 bridgehead atoms. The smallest absolute Gasteiger partial charge is 0.332 e. The van der Waals surface area contributed by atoms with Crippen molar-refractivity contribution in [3.05, 3.63) is 138 Å². The van der Waals surface area contributed by atoms with E-state index >= 15 is 0 Å². The van der Waals surface area contributed by atoms with E-state index in [0.717, 1.165) is 11.1 Å². The number of ketones is 1. The third-order valence-electron chi connectivity index (χ3n) is 7.36. The molecular weight excluding hydrogens is 498 g/mol. The van der Waals surface area contributed by atoms with Gasteiger partial charge in [-0.25, -0.2) is 4.79 Å². The Morgan fingerprint density at radius 2 is 1.18 bits per heavy atom. The van der Waals surface area contributed by atoms with Gasteiger partial charge in [0.15, 0.2) is 11.3 Å². The van der Waals surface area contributed by atoms with Crippen molar-refractivity contribution in [2.24, 2.45) is 10.4 Å². The predicted molar refractivity (Wildman–Crippen MR) is 159 cm³/mol. The first kappa shape index (κ1) is 28.5. The number of methoxy groups -OCH3 is 1. The van der Waals surface area contributed by atoms with Crippen LogP contribution < -0.4 is 4.74 Å². The summed E-state index contributed by atoms with van der Waals surface area (Å²) in [6.45, 7) is 5.63. The maximum atomic E-state index is 13.7. The molecule has 0 aliphatic carbocycles. The number of carbonyl (C=O) groups is 2. The van der Waals surface area contributed by atoms with Gasteiger partial charge in [0, 0.05) is 29.0 Å². The lowest BCUT2D eigenvalue weighted by Crippen LogP contribution is -2.54. The molecule has 4 aromatic carbocycles. The molecule has 0 aliphatic rings. The zero-order valence-electron chi connectivity index (χ0n) is 23.4. The second-order valence-electron chi connectivity index (χ2n) is 10.8. The van der Waals surface area contributed by atoms with Crippen molar-refractivity contribution in [3.8, 4) is 5.75 Å². The Hall–Kier alpha value is -4.51. The zero-order valence-corrected chi connectivity index (χ0v) is 23.4. The third-order valence-corrected chi connectivity index (χ3v) is 7.36. The van der Waals surface area contributed by atoms with Crippen LogP contribution in [0.4, 0.5) is 0 Å². The summed E-state index contributed by atoms with van der Waals surface area (Å²) in [6.07, 6.45) is -0.0414. The molecule has 0 radical (unpaired) electrons. The second-order valence-corrected chi connectivity index (χ2v) is 10.8. The summed E-state index contributed by atoms with van der Waals surface area (Å²) >= 11 is 0. The minimum Gasteiger partial charge on any atom is -0.497 e. The lowest BCUT2D eigenvalue weighted by atomic mass is 9.62. The highest BCUT2D eigenvalue weighted by molar-refractivity contribution is 6.14. The van der Waals surface area contributed by atoms with E-state index in [0.29, 0.717) is 22.6 Å². The number of aliphatic imine (C=N–C) groups is 1. The van der Waals surface area contributed by atoms with Crippen molar-refractivity contribution in [1.29, 1.82) is 0 Å². The monoisotopic (exact) mass is 533 g/mol. The van der Waals surface area contributed by atoms with E-state index < -0.39 is 22.8 Å². The number of ether oxygens (including phenoxy) is 1. The van der Waals surface area contributed by atoms with E-state index in [9.17, 15) is 14.7 Å². The maximum Gasteiger partial charge on any atom is 0.332 e. The summed E-state index contributed by atoms with van der Waals surface area (Å²) in [5.74, 6) is -1.38. The van der Waals surface area contributed by atoms with Gasteiger partial charge in [0.25, 0.3) is 0 Å². The Morgan fingerprint density at radius 3 is 1.57 bits per heavy atom. The molecule has 0 spiro atoms. The van der Waals surface area contributed by atoms with Gasteiger partial charge in [-0.15, -0.1) is 0 Å². The number of aliphatic carboxylic acids is 1. The van der Waals surface area contributed by atoms with Crippen molar-refractivity contribution < 1.29 is 19.4 Å². The summed E-state index contributed by atoms with van der Waals surface area (Å²) in [5.41, 5.74) is 0.778. The number of benzene rings is 4. The van der Waals surface area contributed by atoms with Crippen LogP contribution in [0.2, 0.25) is 0 Å². The highest BCUT2D eigenvalue weighted by atomic mass is 16.5. The molecule has 0 unspecified atom stereocenters. The largest absolute Gasteiger partial charge is 0.497 e. The van der Waals surface area contributed by atoms with Crippen molar-refractivity contribution in [3.63, 3.8) is 0 Å². The van der Waals surface area contributed by atoms with Gasteiger partial charge < -0.3 is 9.84 Å². The van der Waals surface area contributed by atoms with Crippen molar-refractivity contribution in [2.45, 2.75) is 38.6 Å². The molecule has 4 rings (SSSR count). The molecule has 5 heteroatoms. The molecule has 204 valence electrons. The quantitative estimate of drug-likeness (QED) is 0.170. The van der Waals surface area contributed by atoms with Crippen molar-refractivity contribution in [1.82, 2.24) is 0 Å². The Labute approximate surface area is 236 Å². The molecular formula is C35H35NO4. The lowest BCUT2D eigenvalue weighted by molar-refractivity contribution is -0.149. The van der Waals surface area contributed by atoms with E-state index in [1.54, 1.807) is 31.4 Å². The maximum absolute atomic E-state index is 13.7. The summed E-state index contributed by atoms with van der Waals surface area (Å²) in [5, 5.41) is 11.2. The van der Waals surface area contributed by atoms with Gasteiger partial charge >= 0.3 is 5.97 Å². The van der Waals surface area contributed by atoms with Crippen LogP contribution in [0.3, 0.4) is 0 Å². The Morgan fingerprint density at radius 1 is 0.725 bits per heavy atom. The van der Waals surface area contributed by atoms with Gasteiger partial charge in [0.2, 0.25) is 0 Å². The third kappa shape index (κ3) is 5.89. The van der Waals surface area contributed by atoms with Crippen LogP contribution in [0.15, 0.2) is 120 Å². The highest BCUT2D eigenvalue weighted by Gasteiger charge is 2.56.